The van der Waals surface area contributed by atoms with Crippen molar-refractivity contribution in [3.63, 3.8) is 0 Å². The highest BCUT2D eigenvalue weighted by Crippen LogP contribution is 2.76. The van der Waals surface area contributed by atoms with Crippen molar-refractivity contribution in [2.45, 2.75) is 132 Å². The van der Waals surface area contributed by atoms with Gasteiger partial charge in [0, 0.05) is 23.7 Å². The molecule has 0 radical (unpaired) electrons. The lowest BCUT2D eigenvalue weighted by Gasteiger charge is -2.72. The summed E-state index contributed by atoms with van der Waals surface area (Å²) in [7, 11) is 0. The van der Waals surface area contributed by atoms with E-state index >= 15 is 0 Å². The molecule has 12 atom stereocenters. The maximum atomic E-state index is 13.5. The second-order valence-corrected chi connectivity index (χ2v) is 17.8. The van der Waals surface area contributed by atoms with Crippen LogP contribution in [0.25, 0.3) is 0 Å². The van der Waals surface area contributed by atoms with Crippen LogP contribution < -0.4 is 0 Å². The Morgan fingerprint density at radius 3 is 2.21 bits per heavy atom. The van der Waals surface area contributed by atoms with Crippen molar-refractivity contribution in [3.05, 3.63) is 35.5 Å². The second kappa shape index (κ2) is 12.1. The first kappa shape index (κ1) is 36.3. The summed E-state index contributed by atoms with van der Waals surface area (Å²) in [5.74, 6) is -0.0908. The Morgan fingerprint density at radius 1 is 0.936 bits per heavy atom. The number of esters is 2. The van der Waals surface area contributed by atoms with Gasteiger partial charge in [0.1, 0.15) is 6.10 Å². The zero-order chi connectivity index (χ0) is 35.0. The minimum absolute atomic E-state index is 0.0541. The molecule has 4 fully saturated rings. The van der Waals surface area contributed by atoms with E-state index in [2.05, 4.69) is 40.7 Å². The summed E-state index contributed by atoms with van der Waals surface area (Å²) in [4.78, 5) is 26.4. The summed E-state index contributed by atoms with van der Waals surface area (Å²) >= 11 is 0. The highest BCUT2D eigenvalue weighted by atomic mass is 16.6. The Kier molecular flexibility index (Phi) is 9.37. The van der Waals surface area contributed by atoms with Crippen LogP contribution in [0.3, 0.4) is 0 Å². The molecule has 0 aromatic rings. The number of carbonyl (C=O) groups excluding carboxylic acids is 2. The number of ether oxygens (including phenoxy) is 2. The lowest BCUT2D eigenvalue weighted by Crippen LogP contribution is -2.72. The Morgan fingerprint density at radius 2 is 1.62 bits per heavy atom. The third kappa shape index (κ3) is 4.98. The Labute approximate surface area is 283 Å². The van der Waals surface area contributed by atoms with Gasteiger partial charge in [0.05, 0.1) is 18.1 Å². The molecule has 0 aliphatic heterocycles. The van der Waals surface area contributed by atoms with Gasteiger partial charge in [-0.3, -0.25) is 0 Å². The SMILES string of the molecule is CC=CC(=O)O[C@H]1[C@H](OC(=O)C(C)=CC)[C@@]2(CO)C(CC1(C)C)C1=CCC3[C@@]4(C)CC[C@H](C)[C@](C)(CO)C4CC[C@@]3(C)[C@]1(C)C[C@H]2O. The molecule has 3 unspecified atom stereocenters. The first-order valence-electron chi connectivity index (χ1n) is 18.2. The topological polar surface area (TPSA) is 113 Å². The van der Waals surface area contributed by atoms with Gasteiger partial charge in [0.25, 0.3) is 0 Å². The third-order valence-electron chi connectivity index (χ3n) is 15.5. The lowest BCUT2D eigenvalue weighted by molar-refractivity contribution is -0.265. The summed E-state index contributed by atoms with van der Waals surface area (Å²) in [5.41, 5.74) is -0.741. The zero-order valence-corrected chi connectivity index (χ0v) is 30.7. The Hall–Kier alpha value is -1.96. The predicted octanol–water partition coefficient (Wildman–Crippen LogP) is 6.95. The third-order valence-corrected chi connectivity index (χ3v) is 15.5. The van der Waals surface area contributed by atoms with Gasteiger partial charge in [-0.15, -0.1) is 0 Å². The van der Waals surface area contributed by atoms with Crippen LogP contribution in [0.5, 0.6) is 0 Å². The summed E-state index contributed by atoms with van der Waals surface area (Å²) in [6.07, 6.45) is 10.3. The number of fused-ring (bicyclic) bond motifs is 7. The molecule has 0 aromatic heterocycles. The van der Waals surface area contributed by atoms with E-state index in [-0.39, 0.29) is 34.2 Å². The molecule has 47 heavy (non-hydrogen) atoms. The molecule has 5 rings (SSSR count). The van der Waals surface area contributed by atoms with E-state index in [0.717, 1.165) is 32.1 Å². The minimum atomic E-state index is -1.24. The minimum Gasteiger partial charge on any atom is -0.455 e. The average Bonchev–Trinajstić information content (AvgIpc) is 3.01. The highest BCUT2D eigenvalue weighted by molar-refractivity contribution is 5.88. The summed E-state index contributed by atoms with van der Waals surface area (Å²) in [6, 6.07) is 0. The van der Waals surface area contributed by atoms with Crippen molar-refractivity contribution >= 4 is 11.9 Å². The van der Waals surface area contributed by atoms with Crippen LogP contribution in [0, 0.1) is 56.2 Å². The molecule has 3 N–H and O–H groups in total. The zero-order valence-electron chi connectivity index (χ0n) is 30.7. The van der Waals surface area contributed by atoms with Crippen LogP contribution in [0.15, 0.2) is 35.5 Å². The smallest absolute Gasteiger partial charge is 0.333 e. The van der Waals surface area contributed by atoms with E-state index < -0.39 is 47.7 Å². The summed E-state index contributed by atoms with van der Waals surface area (Å²) in [5, 5.41) is 34.7. The largest absolute Gasteiger partial charge is 0.455 e. The molecule has 0 amide bonds. The average molecular weight is 655 g/mol. The molecular weight excluding hydrogens is 592 g/mol. The van der Waals surface area contributed by atoms with Crippen molar-refractivity contribution in [3.8, 4) is 0 Å². The molecule has 5 aliphatic rings. The van der Waals surface area contributed by atoms with Crippen molar-refractivity contribution < 1.29 is 34.4 Å². The monoisotopic (exact) mass is 654 g/mol. The van der Waals surface area contributed by atoms with Gasteiger partial charge in [-0.05, 0) is 111 Å². The van der Waals surface area contributed by atoms with Crippen LogP contribution in [-0.4, -0.2) is 58.8 Å². The van der Waals surface area contributed by atoms with Crippen LogP contribution in [0.1, 0.15) is 114 Å². The summed E-state index contributed by atoms with van der Waals surface area (Å²) in [6.45, 7) is 21.0. The van der Waals surface area contributed by atoms with E-state index in [1.54, 1.807) is 32.9 Å². The van der Waals surface area contributed by atoms with E-state index in [9.17, 15) is 24.9 Å². The van der Waals surface area contributed by atoms with Gasteiger partial charge >= 0.3 is 11.9 Å². The fraction of sp³-hybridized carbons (Fsp3) is 0.800. The molecule has 0 aromatic carbocycles. The summed E-state index contributed by atoms with van der Waals surface area (Å²) < 4.78 is 12.4. The van der Waals surface area contributed by atoms with Gasteiger partial charge in [-0.1, -0.05) is 72.3 Å². The van der Waals surface area contributed by atoms with Crippen molar-refractivity contribution in [1.82, 2.24) is 0 Å². The van der Waals surface area contributed by atoms with E-state index in [0.29, 0.717) is 36.2 Å². The molecule has 0 saturated heterocycles. The van der Waals surface area contributed by atoms with Crippen molar-refractivity contribution in [1.29, 1.82) is 0 Å². The predicted molar refractivity (Wildman–Crippen MR) is 183 cm³/mol. The number of carbonyl (C=O) groups is 2. The molecule has 0 heterocycles. The van der Waals surface area contributed by atoms with Gasteiger partial charge in [-0.25, -0.2) is 9.59 Å². The van der Waals surface area contributed by atoms with Crippen LogP contribution in [-0.2, 0) is 19.1 Å². The number of hydrogen-bond acceptors (Lipinski definition) is 7. The highest BCUT2D eigenvalue weighted by Gasteiger charge is 2.73. The Balaban J connectivity index is 1.65. The quantitative estimate of drug-likeness (QED) is 0.162. The van der Waals surface area contributed by atoms with E-state index in [1.165, 1.54) is 11.6 Å². The maximum absolute atomic E-state index is 13.5. The fourth-order valence-electron chi connectivity index (χ4n) is 12.1. The normalized spacial score (nSPS) is 47.6. The van der Waals surface area contributed by atoms with Crippen LogP contribution >= 0.6 is 0 Å². The number of aliphatic hydroxyl groups is 3. The maximum Gasteiger partial charge on any atom is 0.333 e. The fourth-order valence-corrected chi connectivity index (χ4v) is 12.1. The molecule has 7 nitrogen and oxygen atoms in total. The van der Waals surface area contributed by atoms with E-state index in [1.807, 2.05) is 13.8 Å². The van der Waals surface area contributed by atoms with Crippen LogP contribution in [0.4, 0.5) is 0 Å². The first-order valence-corrected chi connectivity index (χ1v) is 18.2. The number of rotatable bonds is 6. The van der Waals surface area contributed by atoms with Crippen LogP contribution in [0.2, 0.25) is 0 Å². The van der Waals surface area contributed by atoms with Gasteiger partial charge in [0.2, 0.25) is 0 Å². The molecule has 0 bridgehead atoms. The van der Waals surface area contributed by atoms with Gasteiger partial charge in [-0.2, -0.15) is 0 Å². The number of hydrogen-bond donors (Lipinski definition) is 3. The van der Waals surface area contributed by atoms with Crippen molar-refractivity contribution in [2.75, 3.05) is 13.2 Å². The molecular formula is C40H62O7. The standard InChI is InChI=1S/C40H62O7/c1-11-13-31(44)46-32-33(47-34(45)24(3)12-2)40(23-42)27(20-35(32,5)6)26-14-15-29-36(7)18-16-25(4)37(8,22-41)28(36)17-19-38(29,9)39(26,10)21-30(40)43/h11-14,25,27-30,32-33,41-43H,15-23H2,1-10H3/t25-,27?,28?,29?,30+,32-,33-,36-,37-,38+,39+,40-/m0/s1. The number of allylic oxidation sites excluding steroid dienone is 4. The molecule has 4 saturated carbocycles. The van der Waals surface area contributed by atoms with Crippen molar-refractivity contribution in [2.24, 2.45) is 56.2 Å². The first-order chi connectivity index (χ1) is 21.9. The second-order valence-electron chi connectivity index (χ2n) is 17.8. The lowest BCUT2D eigenvalue weighted by atomic mass is 9.32. The van der Waals surface area contributed by atoms with Gasteiger partial charge < -0.3 is 24.8 Å². The van der Waals surface area contributed by atoms with Gasteiger partial charge in [0.15, 0.2) is 6.10 Å². The van der Waals surface area contributed by atoms with E-state index in [4.69, 9.17) is 9.47 Å². The molecule has 264 valence electrons. The molecule has 0 spiro atoms. The molecule has 5 aliphatic carbocycles. The Bertz CT molecular complexity index is 1350. The molecule has 7 heteroatoms. The number of aliphatic hydroxyl groups excluding tert-OH is 3.